The number of hydrogen-bond donors (Lipinski definition) is 2. The molecule has 1 fully saturated rings. The number of piperidine rings is 1. The summed E-state index contributed by atoms with van der Waals surface area (Å²) in [5.41, 5.74) is 1.80. The van der Waals surface area contributed by atoms with E-state index in [1.165, 1.54) is 10.6 Å². The molecule has 1 unspecified atom stereocenters. The van der Waals surface area contributed by atoms with Crippen molar-refractivity contribution in [3.8, 4) is 0 Å². The van der Waals surface area contributed by atoms with Gasteiger partial charge in [-0.15, -0.1) is 0 Å². The third kappa shape index (κ3) is 3.18. The van der Waals surface area contributed by atoms with E-state index in [1.54, 1.807) is 0 Å². The van der Waals surface area contributed by atoms with Crippen LogP contribution in [-0.4, -0.2) is 48.2 Å². The lowest BCUT2D eigenvalue weighted by Crippen LogP contribution is -2.43. The lowest BCUT2D eigenvalue weighted by atomic mass is 9.99. The molecule has 0 spiro atoms. The van der Waals surface area contributed by atoms with Crippen LogP contribution in [0.4, 0.5) is 5.82 Å². The first-order valence-corrected chi connectivity index (χ1v) is 8.41. The molecule has 0 radical (unpaired) electrons. The molecule has 20 heavy (non-hydrogen) atoms. The average Bonchev–Trinajstić information content (AvgIpc) is 2.70. The second kappa shape index (κ2) is 5.53. The van der Waals surface area contributed by atoms with Crippen molar-refractivity contribution in [1.29, 1.82) is 0 Å². The minimum Gasteiger partial charge on any atom is -0.309 e. The molecule has 1 amide bonds. The van der Waals surface area contributed by atoms with Gasteiger partial charge in [0.25, 0.3) is 0 Å². The van der Waals surface area contributed by atoms with Crippen molar-refractivity contribution in [2.75, 3.05) is 24.7 Å². The van der Waals surface area contributed by atoms with E-state index >= 15 is 0 Å². The van der Waals surface area contributed by atoms with E-state index in [0.29, 0.717) is 25.2 Å². The molecule has 1 aliphatic heterocycles. The van der Waals surface area contributed by atoms with Crippen LogP contribution in [-0.2, 0) is 14.8 Å². The van der Waals surface area contributed by atoms with Gasteiger partial charge in [-0.2, -0.15) is 5.10 Å². The maximum atomic E-state index is 12.2. The summed E-state index contributed by atoms with van der Waals surface area (Å²) < 4.78 is 24.5. The smallest absolute Gasteiger partial charge is 0.230 e. The molecule has 0 saturated carbocycles. The average molecular weight is 300 g/mol. The summed E-state index contributed by atoms with van der Waals surface area (Å²) in [6, 6.07) is 0. The second-order valence-electron chi connectivity index (χ2n) is 5.27. The highest BCUT2D eigenvalue weighted by Crippen LogP contribution is 2.21. The largest absolute Gasteiger partial charge is 0.309 e. The van der Waals surface area contributed by atoms with Crippen LogP contribution in [0, 0.1) is 19.8 Å². The van der Waals surface area contributed by atoms with Crippen molar-refractivity contribution >= 4 is 21.7 Å². The molecule has 1 aliphatic rings. The minimum absolute atomic E-state index is 0.173. The third-order valence-electron chi connectivity index (χ3n) is 3.72. The lowest BCUT2D eigenvalue weighted by molar-refractivity contribution is -0.120. The molecule has 7 nitrogen and oxygen atoms in total. The van der Waals surface area contributed by atoms with Gasteiger partial charge in [0, 0.05) is 24.3 Å². The monoisotopic (exact) mass is 300 g/mol. The normalized spacial score (nSPS) is 20.9. The maximum Gasteiger partial charge on any atom is 0.230 e. The van der Waals surface area contributed by atoms with Crippen molar-refractivity contribution in [3.63, 3.8) is 0 Å². The SMILES string of the molecule is Cc1[nH]nc(NC(=O)C2CCCN(S(C)(=O)=O)C2)c1C. The zero-order chi connectivity index (χ0) is 14.9. The molecule has 112 valence electrons. The van der Waals surface area contributed by atoms with Crippen molar-refractivity contribution in [2.45, 2.75) is 26.7 Å². The Morgan fingerprint density at radius 2 is 2.15 bits per heavy atom. The van der Waals surface area contributed by atoms with E-state index in [4.69, 9.17) is 0 Å². The Hall–Kier alpha value is -1.41. The number of carbonyl (C=O) groups is 1. The Morgan fingerprint density at radius 3 is 2.70 bits per heavy atom. The van der Waals surface area contributed by atoms with Gasteiger partial charge in [0.15, 0.2) is 5.82 Å². The zero-order valence-corrected chi connectivity index (χ0v) is 12.7. The first-order valence-electron chi connectivity index (χ1n) is 6.56. The van der Waals surface area contributed by atoms with E-state index in [-0.39, 0.29) is 18.4 Å². The number of sulfonamides is 1. The Kier molecular flexibility index (Phi) is 4.14. The molecule has 2 heterocycles. The fourth-order valence-electron chi connectivity index (χ4n) is 2.28. The van der Waals surface area contributed by atoms with Gasteiger partial charge in [-0.25, -0.2) is 12.7 Å². The summed E-state index contributed by atoms with van der Waals surface area (Å²) >= 11 is 0. The topological polar surface area (TPSA) is 95.2 Å². The van der Waals surface area contributed by atoms with Gasteiger partial charge in [-0.1, -0.05) is 0 Å². The van der Waals surface area contributed by atoms with Crippen LogP contribution in [0.25, 0.3) is 0 Å². The summed E-state index contributed by atoms with van der Waals surface area (Å²) in [5.74, 6) is 0.0202. The summed E-state index contributed by atoms with van der Waals surface area (Å²) in [7, 11) is -3.24. The molecular weight excluding hydrogens is 280 g/mol. The van der Waals surface area contributed by atoms with Gasteiger partial charge in [0.2, 0.25) is 15.9 Å². The molecule has 2 rings (SSSR count). The van der Waals surface area contributed by atoms with Crippen LogP contribution in [0.15, 0.2) is 0 Å². The van der Waals surface area contributed by atoms with Gasteiger partial charge in [0.1, 0.15) is 0 Å². The molecule has 1 aromatic rings. The lowest BCUT2D eigenvalue weighted by Gasteiger charge is -2.29. The molecule has 1 atom stereocenters. The van der Waals surface area contributed by atoms with E-state index in [2.05, 4.69) is 15.5 Å². The third-order valence-corrected chi connectivity index (χ3v) is 4.99. The fourth-order valence-corrected chi connectivity index (χ4v) is 3.19. The predicted molar refractivity (Wildman–Crippen MR) is 75.8 cm³/mol. The Bertz CT molecular complexity index is 608. The van der Waals surface area contributed by atoms with Gasteiger partial charge < -0.3 is 5.32 Å². The molecule has 1 aromatic heterocycles. The summed E-state index contributed by atoms with van der Waals surface area (Å²) in [6.45, 7) is 4.48. The highest BCUT2D eigenvalue weighted by atomic mass is 32.2. The minimum atomic E-state index is -3.24. The number of aromatic amines is 1. The van der Waals surface area contributed by atoms with Crippen LogP contribution >= 0.6 is 0 Å². The molecule has 0 aliphatic carbocycles. The van der Waals surface area contributed by atoms with Crippen molar-refractivity contribution < 1.29 is 13.2 Å². The number of H-pyrrole nitrogens is 1. The van der Waals surface area contributed by atoms with E-state index < -0.39 is 10.0 Å². The van der Waals surface area contributed by atoms with Crippen LogP contribution in [0.3, 0.4) is 0 Å². The van der Waals surface area contributed by atoms with Crippen LogP contribution in [0.2, 0.25) is 0 Å². The number of amides is 1. The molecule has 0 bridgehead atoms. The quantitative estimate of drug-likeness (QED) is 0.856. The predicted octanol–water partition coefficient (Wildman–Crippen LogP) is 0.637. The Labute approximate surface area is 118 Å². The van der Waals surface area contributed by atoms with Gasteiger partial charge in [-0.3, -0.25) is 9.89 Å². The van der Waals surface area contributed by atoms with Gasteiger partial charge >= 0.3 is 0 Å². The standard InChI is InChI=1S/C12H20N4O3S/c1-8-9(2)14-15-11(8)13-12(17)10-5-4-6-16(7-10)20(3,18)19/h10H,4-7H2,1-3H3,(H2,13,14,15,17). The zero-order valence-electron chi connectivity index (χ0n) is 11.9. The fraction of sp³-hybridized carbons (Fsp3) is 0.667. The summed E-state index contributed by atoms with van der Waals surface area (Å²) in [6.07, 6.45) is 2.57. The highest BCUT2D eigenvalue weighted by Gasteiger charge is 2.30. The Morgan fingerprint density at radius 1 is 1.45 bits per heavy atom. The number of carbonyl (C=O) groups excluding carboxylic acids is 1. The number of aromatic nitrogens is 2. The number of hydrogen-bond acceptors (Lipinski definition) is 4. The van der Waals surface area contributed by atoms with Crippen LogP contribution in [0.1, 0.15) is 24.1 Å². The van der Waals surface area contributed by atoms with Crippen LogP contribution < -0.4 is 5.32 Å². The summed E-state index contributed by atoms with van der Waals surface area (Å²) in [4.78, 5) is 12.2. The van der Waals surface area contributed by atoms with Gasteiger partial charge in [-0.05, 0) is 26.7 Å². The van der Waals surface area contributed by atoms with Crippen LogP contribution in [0.5, 0.6) is 0 Å². The van der Waals surface area contributed by atoms with Crippen molar-refractivity contribution in [3.05, 3.63) is 11.3 Å². The van der Waals surface area contributed by atoms with Crippen molar-refractivity contribution in [1.82, 2.24) is 14.5 Å². The number of anilines is 1. The van der Waals surface area contributed by atoms with E-state index in [9.17, 15) is 13.2 Å². The molecule has 0 aromatic carbocycles. The van der Waals surface area contributed by atoms with E-state index in [0.717, 1.165) is 11.3 Å². The highest BCUT2D eigenvalue weighted by molar-refractivity contribution is 7.88. The van der Waals surface area contributed by atoms with Gasteiger partial charge in [0.05, 0.1) is 12.2 Å². The first kappa shape index (κ1) is 15.0. The first-order chi connectivity index (χ1) is 9.29. The van der Waals surface area contributed by atoms with Crippen molar-refractivity contribution in [2.24, 2.45) is 5.92 Å². The second-order valence-corrected chi connectivity index (χ2v) is 7.25. The molecule has 2 N–H and O–H groups in total. The van der Waals surface area contributed by atoms with E-state index in [1.807, 2.05) is 13.8 Å². The molecule has 8 heteroatoms. The number of aryl methyl sites for hydroxylation is 1. The summed E-state index contributed by atoms with van der Waals surface area (Å²) in [5, 5.41) is 9.61. The number of rotatable bonds is 3. The molecule has 1 saturated heterocycles. The number of nitrogens with one attached hydrogen (secondary N) is 2. The molecular formula is C12H20N4O3S. The maximum absolute atomic E-state index is 12.2. The Balaban J connectivity index is 2.04. The number of nitrogens with zero attached hydrogens (tertiary/aromatic N) is 2.